The van der Waals surface area contributed by atoms with Crippen molar-refractivity contribution in [2.75, 3.05) is 12.9 Å². The molecule has 0 fully saturated rings. The van der Waals surface area contributed by atoms with Crippen molar-refractivity contribution in [1.82, 2.24) is 4.73 Å². The Morgan fingerprint density at radius 2 is 1.81 bits per heavy atom. The monoisotopic (exact) mass is 377 g/mol. The molecule has 2 rings (SSSR count). The van der Waals surface area contributed by atoms with E-state index in [2.05, 4.69) is 0 Å². The van der Waals surface area contributed by atoms with E-state index < -0.39 is 15.7 Å². The van der Waals surface area contributed by atoms with Crippen molar-refractivity contribution in [3.63, 3.8) is 0 Å². The highest BCUT2D eigenvalue weighted by Gasteiger charge is 2.15. The molecule has 0 aliphatic carbocycles. The SMILES string of the molecule is CCCCS(=O)(=O)On1c(C=Cc2ccc(OC)cc2)cc(C)cc1=O. The van der Waals surface area contributed by atoms with Crippen LogP contribution in [0.4, 0.5) is 0 Å². The highest BCUT2D eigenvalue weighted by Crippen LogP contribution is 2.14. The Morgan fingerprint density at radius 1 is 1.12 bits per heavy atom. The molecule has 0 bridgehead atoms. The van der Waals surface area contributed by atoms with E-state index >= 15 is 0 Å². The van der Waals surface area contributed by atoms with Crippen LogP contribution in [-0.4, -0.2) is 26.0 Å². The largest absolute Gasteiger partial charge is 0.497 e. The number of methoxy groups -OCH3 is 1. The van der Waals surface area contributed by atoms with Gasteiger partial charge in [0.15, 0.2) is 0 Å². The molecule has 6 nitrogen and oxygen atoms in total. The summed E-state index contributed by atoms with van der Waals surface area (Å²) in [6, 6.07) is 10.4. The van der Waals surface area contributed by atoms with Gasteiger partial charge in [-0.3, -0.25) is 9.08 Å². The third-order valence-electron chi connectivity index (χ3n) is 3.66. The lowest BCUT2D eigenvalue weighted by atomic mass is 10.1. The number of benzene rings is 1. The van der Waals surface area contributed by atoms with E-state index in [1.807, 2.05) is 31.2 Å². The molecule has 0 saturated heterocycles. The Balaban J connectivity index is 2.35. The van der Waals surface area contributed by atoms with Gasteiger partial charge >= 0.3 is 10.1 Å². The predicted octanol–water partition coefficient (Wildman–Crippen LogP) is 2.89. The van der Waals surface area contributed by atoms with Gasteiger partial charge in [-0.2, -0.15) is 8.42 Å². The second-order valence-corrected chi connectivity index (χ2v) is 7.56. The first kappa shape index (κ1) is 19.8. The lowest BCUT2D eigenvalue weighted by Crippen LogP contribution is -2.33. The summed E-state index contributed by atoms with van der Waals surface area (Å²) in [6.07, 6.45) is 4.60. The lowest BCUT2D eigenvalue weighted by Gasteiger charge is -2.11. The number of nitrogens with zero attached hydrogens (tertiary/aromatic N) is 1. The molecular weight excluding hydrogens is 354 g/mol. The maximum absolute atomic E-state index is 12.2. The molecule has 1 aromatic carbocycles. The third kappa shape index (κ3) is 5.49. The van der Waals surface area contributed by atoms with Crippen LogP contribution >= 0.6 is 0 Å². The van der Waals surface area contributed by atoms with Crippen molar-refractivity contribution in [3.05, 3.63) is 63.6 Å². The van der Waals surface area contributed by atoms with Gasteiger partial charge < -0.3 is 4.74 Å². The van der Waals surface area contributed by atoms with Crippen LogP contribution in [0.1, 0.15) is 36.6 Å². The molecule has 0 aliphatic heterocycles. The Labute approximate surface area is 153 Å². The zero-order valence-electron chi connectivity index (χ0n) is 15.1. The number of unbranched alkanes of at least 4 members (excludes halogenated alkanes) is 1. The van der Waals surface area contributed by atoms with Gasteiger partial charge in [-0.05, 0) is 48.7 Å². The van der Waals surface area contributed by atoms with E-state index in [1.165, 1.54) is 6.07 Å². The fourth-order valence-corrected chi connectivity index (χ4v) is 3.38. The van der Waals surface area contributed by atoms with Crippen molar-refractivity contribution in [2.24, 2.45) is 0 Å². The first-order chi connectivity index (χ1) is 12.3. The van der Waals surface area contributed by atoms with Gasteiger partial charge in [-0.1, -0.05) is 31.6 Å². The van der Waals surface area contributed by atoms with Crippen LogP contribution in [0.5, 0.6) is 5.75 Å². The van der Waals surface area contributed by atoms with E-state index in [9.17, 15) is 13.2 Å². The van der Waals surface area contributed by atoms with Gasteiger partial charge in [0.05, 0.1) is 18.6 Å². The van der Waals surface area contributed by atoms with E-state index in [-0.39, 0.29) is 5.75 Å². The lowest BCUT2D eigenvalue weighted by molar-refractivity contribution is 0.264. The first-order valence-electron chi connectivity index (χ1n) is 8.33. The van der Waals surface area contributed by atoms with Crippen molar-refractivity contribution in [2.45, 2.75) is 26.7 Å². The number of hydrogen-bond donors (Lipinski definition) is 0. The molecule has 140 valence electrons. The normalized spacial score (nSPS) is 11.7. The molecule has 0 amide bonds. The van der Waals surface area contributed by atoms with Crippen LogP contribution < -0.4 is 14.6 Å². The number of pyridine rings is 1. The number of aryl methyl sites for hydroxylation is 1. The van der Waals surface area contributed by atoms with Gasteiger partial charge in [0.1, 0.15) is 5.75 Å². The molecule has 26 heavy (non-hydrogen) atoms. The van der Waals surface area contributed by atoms with E-state index in [0.717, 1.165) is 28.0 Å². The summed E-state index contributed by atoms with van der Waals surface area (Å²) in [5.74, 6) is 0.603. The standard InChI is InChI=1S/C19H23NO5S/c1-4-5-12-26(22,23)25-20-17(13-15(2)14-19(20)21)9-6-16-7-10-18(24-3)11-8-16/h6-11,13-14H,4-5,12H2,1-3H3. The Kier molecular flexibility index (Phi) is 6.63. The zero-order valence-corrected chi connectivity index (χ0v) is 16.0. The average Bonchev–Trinajstić information content (AvgIpc) is 2.61. The maximum Gasteiger partial charge on any atom is 0.327 e. The van der Waals surface area contributed by atoms with Gasteiger partial charge in [-0.25, -0.2) is 0 Å². The van der Waals surface area contributed by atoms with Crippen LogP contribution in [0, 0.1) is 6.92 Å². The highest BCUT2D eigenvalue weighted by molar-refractivity contribution is 7.86. The van der Waals surface area contributed by atoms with Crippen molar-refractivity contribution in [1.29, 1.82) is 0 Å². The fraction of sp³-hybridized carbons (Fsp3) is 0.316. The second-order valence-electron chi connectivity index (χ2n) is 5.89. The number of ether oxygens (including phenoxy) is 1. The van der Waals surface area contributed by atoms with E-state index in [1.54, 1.807) is 32.3 Å². The molecule has 0 atom stereocenters. The number of hydrogen-bond acceptors (Lipinski definition) is 5. The molecule has 1 heterocycles. The van der Waals surface area contributed by atoms with Crippen molar-refractivity contribution >= 4 is 22.3 Å². The van der Waals surface area contributed by atoms with Crippen LogP contribution in [-0.2, 0) is 10.1 Å². The molecule has 0 N–H and O–H groups in total. The molecule has 2 aromatic rings. The molecule has 0 spiro atoms. The molecule has 1 aromatic heterocycles. The topological polar surface area (TPSA) is 74.6 Å². The van der Waals surface area contributed by atoms with E-state index in [0.29, 0.717) is 12.1 Å². The van der Waals surface area contributed by atoms with Crippen molar-refractivity contribution in [3.8, 4) is 5.75 Å². The van der Waals surface area contributed by atoms with Gasteiger partial charge in [-0.15, -0.1) is 4.73 Å². The molecular formula is C19H23NO5S. The van der Waals surface area contributed by atoms with Crippen LogP contribution in [0.25, 0.3) is 12.2 Å². The second kappa shape index (κ2) is 8.71. The summed E-state index contributed by atoms with van der Waals surface area (Å²) in [7, 11) is -2.24. The third-order valence-corrected chi connectivity index (χ3v) is 4.82. The molecule has 0 aliphatic rings. The van der Waals surface area contributed by atoms with Crippen LogP contribution in [0.3, 0.4) is 0 Å². The van der Waals surface area contributed by atoms with Crippen LogP contribution in [0.2, 0.25) is 0 Å². The smallest absolute Gasteiger partial charge is 0.327 e. The predicted molar refractivity (Wildman–Crippen MR) is 103 cm³/mol. The van der Waals surface area contributed by atoms with E-state index in [4.69, 9.17) is 9.02 Å². The number of aromatic nitrogens is 1. The summed E-state index contributed by atoms with van der Waals surface area (Å²) in [6.45, 7) is 3.65. The summed E-state index contributed by atoms with van der Waals surface area (Å²) in [5, 5.41) is 0. The fourth-order valence-electron chi connectivity index (χ4n) is 2.28. The van der Waals surface area contributed by atoms with Crippen LogP contribution in [0.15, 0.2) is 41.2 Å². The first-order valence-corrected chi connectivity index (χ1v) is 9.91. The van der Waals surface area contributed by atoms with Crippen molar-refractivity contribution < 1.29 is 17.4 Å². The minimum Gasteiger partial charge on any atom is -0.497 e. The molecule has 7 heteroatoms. The minimum atomic E-state index is -3.83. The quantitative estimate of drug-likeness (QED) is 0.707. The van der Waals surface area contributed by atoms with Gasteiger partial charge in [0.25, 0.3) is 5.56 Å². The Morgan fingerprint density at radius 3 is 2.42 bits per heavy atom. The molecule has 0 radical (unpaired) electrons. The summed E-state index contributed by atoms with van der Waals surface area (Å²) < 4.78 is 35.1. The Bertz CT molecular complexity index is 927. The Hall–Kier alpha value is -2.54. The summed E-state index contributed by atoms with van der Waals surface area (Å²) >= 11 is 0. The number of rotatable bonds is 8. The summed E-state index contributed by atoms with van der Waals surface area (Å²) in [4.78, 5) is 12.2. The molecule has 0 saturated carbocycles. The maximum atomic E-state index is 12.2. The minimum absolute atomic E-state index is 0.133. The van der Waals surface area contributed by atoms with Gasteiger partial charge in [0, 0.05) is 6.07 Å². The zero-order chi connectivity index (χ0) is 19.2. The van der Waals surface area contributed by atoms with Gasteiger partial charge in [0.2, 0.25) is 0 Å². The highest BCUT2D eigenvalue weighted by atomic mass is 32.2. The molecule has 0 unspecified atom stereocenters. The summed E-state index contributed by atoms with van der Waals surface area (Å²) in [5.41, 5.74) is 1.42. The average molecular weight is 377 g/mol.